The zero-order chi connectivity index (χ0) is 12.4. The van der Waals surface area contributed by atoms with Gasteiger partial charge in [0, 0.05) is 6.54 Å². The molecule has 1 aliphatic heterocycles. The number of carboxylic acids is 1. The SMILES string of the molecule is Nc1c(C(=O)O)cccc1N1CCCC1CO. The van der Waals surface area contributed by atoms with Crippen molar-refractivity contribution in [3.05, 3.63) is 23.8 Å². The van der Waals surface area contributed by atoms with Crippen molar-refractivity contribution >= 4 is 17.3 Å². The number of carbonyl (C=O) groups is 1. The summed E-state index contributed by atoms with van der Waals surface area (Å²) in [6.45, 7) is 0.870. The third-order valence-electron chi connectivity index (χ3n) is 3.21. The van der Waals surface area contributed by atoms with E-state index in [9.17, 15) is 9.90 Å². The second-order valence-electron chi connectivity index (χ2n) is 4.22. The Morgan fingerprint density at radius 3 is 2.94 bits per heavy atom. The summed E-state index contributed by atoms with van der Waals surface area (Å²) in [5.74, 6) is -1.02. The zero-order valence-electron chi connectivity index (χ0n) is 9.47. The van der Waals surface area contributed by atoms with Crippen LogP contribution in [0.25, 0.3) is 0 Å². The molecule has 0 saturated carbocycles. The molecular formula is C12H16N2O3. The molecule has 5 nitrogen and oxygen atoms in total. The molecule has 4 N–H and O–H groups in total. The Bertz CT molecular complexity index is 434. The predicted molar refractivity (Wildman–Crippen MR) is 65.3 cm³/mol. The Morgan fingerprint density at radius 1 is 1.53 bits per heavy atom. The molecule has 0 bridgehead atoms. The van der Waals surface area contributed by atoms with Gasteiger partial charge < -0.3 is 20.8 Å². The van der Waals surface area contributed by atoms with Crippen molar-refractivity contribution in [3.63, 3.8) is 0 Å². The lowest BCUT2D eigenvalue weighted by Crippen LogP contribution is -2.32. The van der Waals surface area contributed by atoms with Crippen LogP contribution in [0, 0.1) is 0 Å². The third kappa shape index (κ3) is 2.06. The van der Waals surface area contributed by atoms with Gasteiger partial charge >= 0.3 is 5.97 Å². The average molecular weight is 236 g/mol. The first kappa shape index (κ1) is 11.7. The number of nitrogen functional groups attached to an aromatic ring is 1. The fourth-order valence-electron chi connectivity index (χ4n) is 2.33. The summed E-state index contributed by atoms with van der Waals surface area (Å²) in [7, 11) is 0. The van der Waals surface area contributed by atoms with Crippen molar-refractivity contribution in [2.45, 2.75) is 18.9 Å². The monoisotopic (exact) mass is 236 g/mol. The van der Waals surface area contributed by atoms with E-state index in [0.29, 0.717) is 5.69 Å². The molecule has 1 saturated heterocycles. The molecule has 1 unspecified atom stereocenters. The van der Waals surface area contributed by atoms with Gasteiger partial charge in [-0.3, -0.25) is 0 Å². The maximum atomic E-state index is 11.0. The van der Waals surface area contributed by atoms with Gasteiger partial charge in [0.05, 0.1) is 29.6 Å². The Balaban J connectivity index is 2.38. The predicted octanol–water partition coefficient (Wildman–Crippen LogP) is 0.928. The van der Waals surface area contributed by atoms with Crippen LogP contribution in [0.1, 0.15) is 23.2 Å². The van der Waals surface area contributed by atoms with E-state index in [1.807, 2.05) is 4.90 Å². The second-order valence-corrected chi connectivity index (χ2v) is 4.22. The van der Waals surface area contributed by atoms with Crippen LogP contribution in [-0.4, -0.2) is 35.4 Å². The average Bonchev–Trinajstić information content (AvgIpc) is 2.76. The molecule has 2 rings (SSSR count). The van der Waals surface area contributed by atoms with Crippen molar-refractivity contribution in [3.8, 4) is 0 Å². The van der Waals surface area contributed by atoms with Gasteiger partial charge in [0.2, 0.25) is 0 Å². The molecule has 1 heterocycles. The number of benzene rings is 1. The maximum absolute atomic E-state index is 11.0. The number of aromatic carboxylic acids is 1. The van der Waals surface area contributed by atoms with E-state index in [1.54, 1.807) is 12.1 Å². The fraction of sp³-hybridized carbons (Fsp3) is 0.417. The third-order valence-corrected chi connectivity index (χ3v) is 3.21. The Hall–Kier alpha value is -1.75. The minimum Gasteiger partial charge on any atom is -0.478 e. The molecular weight excluding hydrogens is 220 g/mol. The van der Waals surface area contributed by atoms with Gasteiger partial charge in [-0.15, -0.1) is 0 Å². The van der Waals surface area contributed by atoms with Crippen molar-refractivity contribution in [2.75, 3.05) is 23.8 Å². The molecule has 1 atom stereocenters. The molecule has 0 aliphatic carbocycles. The highest BCUT2D eigenvalue weighted by Gasteiger charge is 2.26. The molecule has 5 heteroatoms. The highest BCUT2D eigenvalue weighted by molar-refractivity contribution is 5.97. The quantitative estimate of drug-likeness (QED) is 0.679. The van der Waals surface area contributed by atoms with E-state index >= 15 is 0 Å². The molecule has 0 radical (unpaired) electrons. The molecule has 92 valence electrons. The number of para-hydroxylation sites is 1. The van der Waals surface area contributed by atoms with Gasteiger partial charge in [-0.25, -0.2) is 4.79 Å². The first-order valence-electron chi connectivity index (χ1n) is 5.64. The molecule has 0 amide bonds. The van der Waals surface area contributed by atoms with E-state index in [0.717, 1.165) is 19.4 Å². The van der Waals surface area contributed by atoms with E-state index in [4.69, 9.17) is 10.8 Å². The number of hydrogen-bond donors (Lipinski definition) is 3. The lowest BCUT2D eigenvalue weighted by Gasteiger charge is -2.27. The first-order valence-corrected chi connectivity index (χ1v) is 5.64. The maximum Gasteiger partial charge on any atom is 0.337 e. The van der Waals surface area contributed by atoms with Crippen molar-refractivity contribution in [1.29, 1.82) is 0 Å². The van der Waals surface area contributed by atoms with E-state index < -0.39 is 5.97 Å². The van der Waals surface area contributed by atoms with Crippen molar-refractivity contribution in [2.24, 2.45) is 0 Å². The molecule has 1 aromatic rings. The van der Waals surface area contributed by atoms with Crippen molar-refractivity contribution < 1.29 is 15.0 Å². The van der Waals surface area contributed by atoms with Gasteiger partial charge in [0.1, 0.15) is 0 Å². The zero-order valence-corrected chi connectivity index (χ0v) is 9.47. The molecule has 1 aromatic carbocycles. The molecule has 17 heavy (non-hydrogen) atoms. The number of carboxylic acid groups (broad SMARTS) is 1. The fourth-order valence-corrected chi connectivity index (χ4v) is 2.33. The van der Waals surface area contributed by atoms with Crippen LogP contribution < -0.4 is 10.6 Å². The Kier molecular flexibility index (Phi) is 3.19. The van der Waals surface area contributed by atoms with Gasteiger partial charge in [-0.1, -0.05) is 6.07 Å². The summed E-state index contributed by atoms with van der Waals surface area (Å²) >= 11 is 0. The molecule has 0 spiro atoms. The van der Waals surface area contributed by atoms with Crippen LogP contribution in [0.15, 0.2) is 18.2 Å². The van der Waals surface area contributed by atoms with Gasteiger partial charge in [0.15, 0.2) is 0 Å². The van der Waals surface area contributed by atoms with Crippen LogP contribution in [0.5, 0.6) is 0 Å². The van der Waals surface area contributed by atoms with Gasteiger partial charge in [0.25, 0.3) is 0 Å². The highest BCUT2D eigenvalue weighted by atomic mass is 16.4. The van der Waals surface area contributed by atoms with Crippen molar-refractivity contribution in [1.82, 2.24) is 0 Å². The highest BCUT2D eigenvalue weighted by Crippen LogP contribution is 2.32. The summed E-state index contributed by atoms with van der Waals surface area (Å²) < 4.78 is 0. The summed E-state index contributed by atoms with van der Waals surface area (Å²) in [6, 6.07) is 5.02. The first-order chi connectivity index (χ1) is 8.15. The summed E-state index contributed by atoms with van der Waals surface area (Å²) in [5.41, 5.74) is 6.98. The number of aliphatic hydroxyl groups is 1. The van der Waals surface area contributed by atoms with Crippen LogP contribution in [0.4, 0.5) is 11.4 Å². The number of anilines is 2. The van der Waals surface area contributed by atoms with E-state index in [2.05, 4.69) is 0 Å². The summed E-state index contributed by atoms with van der Waals surface area (Å²) in [4.78, 5) is 13.0. The number of nitrogens with zero attached hydrogens (tertiary/aromatic N) is 1. The topological polar surface area (TPSA) is 86.8 Å². The van der Waals surface area contributed by atoms with Crippen LogP contribution in [-0.2, 0) is 0 Å². The molecule has 1 fully saturated rings. The lowest BCUT2D eigenvalue weighted by atomic mass is 10.1. The Labute approximate surface area is 99.5 Å². The number of nitrogens with two attached hydrogens (primary N) is 1. The smallest absolute Gasteiger partial charge is 0.337 e. The standard InChI is InChI=1S/C12H16N2O3/c13-11-9(12(16)17)4-1-5-10(11)14-6-2-3-8(14)7-15/h1,4-5,8,15H,2-3,6-7,13H2,(H,16,17). The van der Waals surface area contributed by atoms with Crippen LogP contribution in [0.2, 0.25) is 0 Å². The number of rotatable bonds is 3. The van der Waals surface area contributed by atoms with Crippen LogP contribution >= 0.6 is 0 Å². The van der Waals surface area contributed by atoms with Crippen LogP contribution in [0.3, 0.4) is 0 Å². The summed E-state index contributed by atoms with van der Waals surface area (Å²) in [6.07, 6.45) is 1.90. The minimum absolute atomic E-state index is 0.0429. The van der Waals surface area contributed by atoms with Gasteiger partial charge in [-0.2, -0.15) is 0 Å². The largest absolute Gasteiger partial charge is 0.478 e. The Morgan fingerprint density at radius 2 is 2.29 bits per heavy atom. The number of aliphatic hydroxyl groups excluding tert-OH is 1. The summed E-state index contributed by atoms with van der Waals surface area (Å²) in [5, 5.41) is 18.3. The second kappa shape index (κ2) is 4.63. The number of hydrogen-bond acceptors (Lipinski definition) is 4. The van der Waals surface area contributed by atoms with E-state index in [-0.39, 0.29) is 23.9 Å². The van der Waals surface area contributed by atoms with Gasteiger partial charge in [-0.05, 0) is 25.0 Å². The lowest BCUT2D eigenvalue weighted by molar-refractivity contribution is 0.0698. The molecule has 0 aromatic heterocycles. The van der Waals surface area contributed by atoms with E-state index in [1.165, 1.54) is 6.07 Å². The normalized spacial score (nSPS) is 19.6. The minimum atomic E-state index is -1.02. The molecule has 1 aliphatic rings.